The monoisotopic (exact) mass is 263 g/mol. The highest BCUT2D eigenvalue weighted by molar-refractivity contribution is 5.89. The molecule has 19 heavy (non-hydrogen) atoms. The largest absolute Gasteiger partial charge is 0.392 e. The lowest BCUT2D eigenvalue weighted by Gasteiger charge is -2.35. The number of hydrogen-bond acceptors (Lipinski definition) is 3. The van der Waals surface area contributed by atoms with Crippen LogP contribution >= 0.6 is 0 Å². The smallest absolute Gasteiger partial charge is 0.321 e. The number of benzene rings is 1. The van der Waals surface area contributed by atoms with E-state index in [1.54, 1.807) is 6.92 Å². The molecule has 1 aliphatic heterocycles. The van der Waals surface area contributed by atoms with Crippen LogP contribution in [0.25, 0.3) is 0 Å². The minimum absolute atomic E-state index is 0.0529. The van der Waals surface area contributed by atoms with Gasteiger partial charge >= 0.3 is 6.03 Å². The standard InChI is InChI=1S/C14H21N3O2/c1-12(18)11-16-7-9-17(10-8-16)14(19)15-13-5-3-2-4-6-13/h2-6,12,18H,7-11H2,1H3,(H,15,19)/t12-/m0/s1. The van der Waals surface area contributed by atoms with E-state index in [1.807, 2.05) is 35.2 Å². The van der Waals surface area contributed by atoms with Gasteiger partial charge in [-0.15, -0.1) is 0 Å². The zero-order valence-electron chi connectivity index (χ0n) is 11.2. The van der Waals surface area contributed by atoms with Crippen molar-refractivity contribution in [3.63, 3.8) is 0 Å². The van der Waals surface area contributed by atoms with Crippen molar-refractivity contribution >= 4 is 11.7 Å². The number of carbonyl (C=O) groups is 1. The van der Waals surface area contributed by atoms with Gasteiger partial charge in [0.2, 0.25) is 0 Å². The highest BCUT2D eigenvalue weighted by Crippen LogP contribution is 2.09. The molecule has 0 aliphatic carbocycles. The van der Waals surface area contributed by atoms with E-state index in [4.69, 9.17) is 0 Å². The van der Waals surface area contributed by atoms with Crippen LogP contribution in [0.3, 0.4) is 0 Å². The molecule has 2 N–H and O–H groups in total. The van der Waals surface area contributed by atoms with E-state index in [1.165, 1.54) is 0 Å². The fourth-order valence-electron chi connectivity index (χ4n) is 2.23. The summed E-state index contributed by atoms with van der Waals surface area (Å²) in [6.07, 6.45) is -0.315. The Labute approximate surface area is 113 Å². The summed E-state index contributed by atoms with van der Waals surface area (Å²) in [5, 5.41) is 12.2. The van der Waals surface area contributed by atoms with Crippen LogP contribution < -0.4 is 5.32 Å². The number of β-amino-alcohol motifs (C(OH)–C–C–N with tert-alkyl or cyclic N) is 1. The van der Waals surface area contributed by atoms with Gasteiger partial charge in [-0.25, -0.2) is 4.79 Å². The Kier molecular flexibility index (Phi) is 4.76. The van der Waals surface area contributed by atoms with E-state index in [9.17, 15) is 9.90 Å². The predicted octanol–water partition coefficient (Wildman–Crippen LogP) is 1.22. The molecule has 1 aromatic rings. The molecule has 1 aliphatic rings. The molecule has 104 valence electrons. The number of amides is 2. The summed E-state index contributed by atoms with van der Waals surface area (Å²) in [7, 11) is 0. The Balaban J connectivity index is 1.79. The SMILES string of the molecule is C[C@H](O)CN1CCN(C(=O)Nc2ccccc2)CC1. The van der Waals surface area contributed by atoms with E-state index >= 15 is 0 Å². The topological polar surface area (TPSA) is 55.8 Å². The number of aliphatic hydroxyl groups excluding tert-OH is 1. The first-order valence-corrected chi connectivity index (χ1v) is 6.66. The second kappa shape index (κ2) is 6.54. The summed E-state index contributed by atoms with van der Waals surface area (Å²) >= 11 is 0. The van der Waals surface area contributed by atoms with Gasteiger partial charge < -0.3 is 15.3 Å². The predicted molar refractivity (Wildman–Crippen MR) is 75.2 cm³/mol. The molecule has 0 radical (unpaired) electrons. The summed E-state index contributed by atoms with van der Waals surface area (Å²) in [6.45, 7) is 5.49. The summed E-state index contributed by atoms with van der Waals surface area (Å²) in [5.41, 5.74) is 0.818. The second-order valence-electron chi connectivity index (χ2n) is 4.93. The Hall–Kier alpha value is -1.59. The van der Waals surface area contributed by atoms with Crippen LogP contribution in [0, 0.1) is 0 Å². The average Bonchev–Trinajstić information content (AvgIpc) is 2.40. The average molecular weight is 263 g/mol. The summed E-state index contributed by atoms with van der Waals surface area (Å²) in [6, 6.07) is 9.42. The van der Waals surface area contributed by atoms with Crippen molar-refractivity contribution in [2.75, 3.05) is 38.0 Å². The molecule has 0 aromatic heterocycles. The lowest BCUT2D eigenvalue weighted by molar-refractivity contribution is 0.0924. The number of carbonyl (C=O) groups excluding carboxylic acids is 1. The van der Waals surface area contributed by atoms with Crippen molar-refractivity contribution in [2.45, 2.75) is 13.0 Å². The third-order valence-electron chi connectivity index (χ3n) is 3.21. The van der Waals surface area contributed by atoms with Crippen LogP contribution in [0.4, 0.5) is 10.5 Å². The molecular formula is C14H21N3O2. The van der Waals surface area contributed by atoms with Gasteiger partial charge in [0.05, 0.1) is 6.10 Å². The van der Waals surface area contributed by atoms with E-state index in [-0.39, 0.29) is 12.1 Å². The third kappa shape index (κ3) is 4.22. The molecule has 1 saturated heterocycles. The number of urea groups is 1. The number of rotatable bonds is 3. The zero-order valence-corrected chi connectivity index (χ0v) is 11.2. The highest BCUT2D eigenvalue weighted by Gasteiger charge is 2.21. The molecule has 1 heterocycles. The van der Waals surface area contributed by atoms with Crippen LogP contribution in [-0.4, -0.2) is 59.8 Å². The Morgan fingerprint density at radius 1 is 1.26 bits per heavy atom. The second-order valence-corrected chi connectivity index (χ2v) is 4.93. The van der Waals surface area contributed by atoms with Crippen LogP contribution in [0.15, 0.2) is 30.3 Å². The summed E-state index contributed by atoms with van der Waals surface area (Å²) in [4.78, 5) is 16.0. The van der Waals surface area contributed by atoms with Gasteiger partial charge in [0.1, 0.15) is 0 Å². The van der Waals surface area contributed by atoms with Crippen molar-refractivity contribution in [1.29, 1.82) is 0 Å². The molecule has 0 saturated carbocycles. The van der Waals surface area contributed by atoms with Crippen molar-refractivity contribution in [2.24, 2.45) is 0 Å². The number of nitrogens with zero attached hydrogens (tertiary/aromatic N) is 2. The highest BCUT2D eigenvalue weighted by atomic mass is 16.3. The lowest BCUT2D eigenvalue weighted by Crippen LogP contribution is -2.51. The van der Waals surface area contributed by atoms with Crippen LogP contribution in [0.1, 0.15) is 6.92 Å². The van der Waals surface area contributed by atoms with Gasteiger partial charge in [0, 0.05) is 38.4 Å². The Morgan fingerprint density at radius 2 is 1.89 bits per heavy atom. The normalized spacial score (nSPS) is 18.1. The molecule has 2 rings (SSSR count). The Bertz CT molecular complexity index is 400. The lowest BCUT2D eigenvalue weighted by atomic mass is 10.3. The number of hydrogen-bond donors (Lipinski definition) is 2. The maximum absolute atomic E-state index is 12.0. The fraction of sp³-hybridized carbons (Fsp3) is 0.500. The minimum Gasteiger partial charge on any atom is -0.392 e. The van der Waals surface area contributed by atoms with Crippen molar-refractivity contribution in [3.05, 3.63) is 30.3 Å². The summed E-state index contributed by atoms with van der Waals surface area (Å²) < 4.78 is 0. The molecule has 1 fully saturated rings. The van der Waals surface area contributed by atoms with Gasteiger partial charge in [0.15, 0.2) is 0 Å². The van der Waals surface area contributed by atoms with Gasteiger partial charge in [0.25, 0.3) is 0 Å². The molecule has 5 heteroatoms. The van der Waals surface area contributed by atoms with Gasteiger partial charge in [-0.05, 0) is 19.1 Å². The molecular weight excluding hydrogens is 242 g/mol. The molecule has 2 amide bonds. The maximum Gasteiger partial charge on any atom is 0.321 e. The molecule has 0 bridgehead atoms. The van der Waals surface area contributed by atoms with Crippen LogP contribution in [0.5, 0.6) is 0 Å². The van der Waals surface area contributed by atoms with E-state index in [0.29, 0.717) is 19.6 Å². The number of piperazine rings is 1. The number of para-hydroxylation sites is 1. The molecule has 0 spiro atoms. The molecule has 1 atom stereocenters. The molecule has 1 aromatic carbocycles. The first-order chi connectivity index (χ1) is 9.15. The fourth-order valence-corrected chi connectivity index (χ4v) is 2.23. The number of nitrogens with one attached hydrogen (secondary N) is 1. The van der Waals surface area contributed by atoms with Crippen molar-refractivity contribution < 1.29 is 9.90 Å². The van der Waals surface area contributed by atoms with E-state index in [2.05, 4.69) is 10.2 Å². The third-order valence-corrected chi connectivity index (χ3v) is 3.21. The number of aliphatic hydroxyl groups is 1. The van der Waals surface area contributed by atoms with Gasteiger partial charge in [-0.1, -0.05) is 18.2 Å². The summed E-state index contributed by atoms with van der Waals surface area (Å²) in [5.74, 6) is 0. The molecule has 5 nitrogen and oxygen atoms in total. The zero-order chi connectivity index (χ0) is 13.7. The minimum atomic E-state index is -0.315. The number of anilines is 1. The van der Waals surface area contributed by atoms with Crippen molar-refractivity contribution in [3.8, 4) is 0 Å². The van der Waals surface area contributed by atoms with Crippen LogP contribution in [0.2, 0.25) is 0 Å². The van der Waals surface area contributed by atoms with Gasteiger partial charge in [-0.3, -0.25) is 4.90 Å². The van der Waals surface area contributed by atoms with E-state index < -0.39 is 0 Å². The van der Waals surface area contributed by atoms with Gasteiger partial charge in [-0.2, -0.15) is 0 Å². The molecule has 0 unspecified atom stereocenters. The first kappa shape index (κ1) is 13.8. The quantitative estimate of drug-likeness (QED) is 0.862. The van der Waals surface area contributed by atoms with E-state index in [0.717, 1.165) is 18.8 Å². The first-order valence-electron chi connectivity index (χ1n) is 6.66. The maximum atomic E-state index is 12.0. The Morgan fingerprint density at radius 3 is 2.47 bits per heavy atom. The van der Waals surface area contributed by atoms with Crippen molar-refractivity contribution in [1.82, 2.24) is 9.80 Å². The van der Waals surface area contributed by atoms with Crippen LogP contribution in [-0.2, 0) is 0 Å².